The van der Waals surface area contributed by atoms with Crippen molar-refractivity contribution in [3.63, 3.8) is 0 Å². The second-order valence-corrected chi connectivity index (χ2v) is 8.03. The molecule has 1 N–H and O–H groups in total. The minimum absolute atomic E-state index is 0. The number of amides is 1. The number of rotatable bonds is 3. The molecule has 1 atom stereocenters. The van der Waals surface area contributed by atoms with Gasteiger partial charge in [-0.05, 0) is 45.7 Å². The summed E-state index contributed by atoms with van der Waals surface area (Å²) in [7, 11) is 0. The van der Waals surface area contributed by atoms with E-state index in [1.807, 2.05) is 0 Å². The molecule has 0 aliphatic carbocycles. The third-order valence-electron chi connectivity index (χ3n) is 6.37. The molecule has 0 bridgehead atoms. The second-order valence-electron chi connectivity index (χ2n) is 8.03. The summed E-state index contributed by atoms with van der Waals surface area (Å²) in [6.45, 7) is 8.71. The summed E-state index contributed by atoms with van der Waals surface area (Å²) >= 11 is 0. The monoisotopic (exact) mass is 432 g/mol. The van der Waals surface area contributed by atoms with Gasteiger partial charge in [-0.15, -0.1) is 35.0 Å². The van der Waals surface area contributed by atoms with Crippen molar-refractivity contribution >= 4 is 30.7 Å². The predicted octanol–water partition coefficient (Wildman–Crippen LogP) is 2.20. The second kappa shape index (κ2) is 10.8. The Morgan fingerprint density at radius 2 is 1.68 bits per heavy atom. The van der Waals surface area contributed by atoms with E-state index in [4.69, 9.17) is 0 Å². The van der Waals surface area contributed by atoms with Crippen molar-refractivity contribution in [3.05, 3.63) is 11.6 Å². The summed E-state index contributed by atoms with van der Waals surface area (Å²) in [5.41, 5.74) is 0. The van der Waals surface area contributed by atoms with Gasteiger partial charge in [0.25, 0.3) is 0 Å². The molecule has 0 saturated carbocycles. The average molecular weight is 433 g/mol. The van der Waals surface area contributed by atoms with Crippen LogP contribution in [0.2, 0.25) is 0 Å². The van der Waals surface area contributed by atoms with E-state index < -0.39 is 0 Å². The van der Waals surface area contributed by atoms with E-state index in [-0.39, 0.29) is 30.9 Å². The number of nitrogens with one attached hydrogen (secondary N) is 1. The zero-order chi connectivity index (χ0) is 17.9. The highest BCUT2D eigenvalue weighted by Gasteiger charge is 2.32. The number of fused-ring (bicyclic) bond motifs is 1. The Bertz CT molecular complexity index is 624. The van der Waals surface area contributed by atoms with Crippen molar-refractivity contribution < 1.29 is 4.79 Å². The standard InChI is InChI=1S/C19H32N6O.2ClH/c1-15(23-9-4-2-3-5-10-23)19(26)24-11-6-16(7-12-24)18-22-21-17-14-20-8-13-25(17)18;;/h15-16,20H,2-14H2,1H3;2*1H. The van der Waals surface area contributed by atoms with Crippen LogP contribution in [0, 0.1) is 0 Å². The van der Waals surface area contributed by atoms with Crippen LogP contribution in [-0.2, 0) is 17.9 Å². The number of piperidine rings is 1. The molecule has 2 saturated heterocycles. The van der Waals surface area contributed by atoms with Gasteiger partial charge in [-0.3, -0.25) is 9.69 Å². The summed E-state index contributed by atoms with van der Waals surface area (Å²) in [6, 6.07) is 0.0246. The zero-order valence-electron chi connectivity index (χ0n) is 16.8. The van der Waals surface area contributed by atoms with Crippen molar-refractivity contribution in [1.29, 1.82) is 0 Å². The first kappa shape index (κ1) is 23.4. The Kier molecular flexibility index (Phi) is 8.99. The van der Waals surface area contributed by atoms with Crippen LogP contribution >= 0.6 is 24.8 Å². The third kappa shape index (κ3) is 4.99. The number of halogens is 2. The Balaban J connectivity index is 0.00000140. The highest BCUT2D eigenvalue weighted by atomic mass is 35.5. The summed E-state index contributed by atoms with van der Waals surface area (Å²) in [5.74, 6) is 2.94. The highest BCUT2D eigenvalue weighted by Crippen LogP contribution is 2.28. The van der Waals surface area contributed by atoms with E-state index in [0.29, 0.717) is 11.8 Å². The Morgan fingerprint density at radius 3 is 2.36 bits per heavy atom. The molecule has 1 aromatic rings. The normalized spacial score (nSPS) is 22.4. The molecule has 160 valence electrons. The fraction of sp³-hybridized carbons (Fsp3) is 0.842. The van der Waals surface area contributed by atoms with Crippen LogP contribution in [0.15, 0.2) is 0 Å². The fourth-order valence-corrected chi connectivity index (χ4v) is 4.68. The van der Waals surface area contributed by atoms with Crippen LogP contribution in [0.4, 0.5) is 0 Å². The van der Waals surface area contributed by atoms with E-state index >= 15 is 0 Å². The fourth-order valence-electron chi connectivity index (χ4n) is 4.68. The molecule has 7 nitrogen and oxygen atoms in total. The lowest BCUT2D eigenvalue weighted by molar-refractivity contribution is -0.137. The largest absolute Gasteiger partial charge is 0.341 e. The average Bonchev–Trinajstić information content (AvgIpc) is 2.93. The maximum absolute atomic E-state index is 13.0. The Morgan fingerprint density at radius 1 is 1.00 bits per heavy atom. The Hall–Kier alpha value is -0.890. The van der Waals surface area contributed by atoms with Gasteiger partial charge in [0.1, 0.15) is 11.6 Å². The summed E-state index contributed by atoms with van der Waals surface area (Å²) < 4.78 is 2.29. The lowest BCUT2D eigenvalue weighted by Gasteiger charge is -2.36. The maximum Gasteiger partial charge on any atom is 0.239 e. The SMILES string of the molecule is CC(C(=O)N1CCC(c2nnc3n2CCNC3)CC1)N1CCCCCC1.Cl.Cl. The predicted molar refractivity (Wildman–Crippen MR) is 114 cm³/mol. The van der Waals surface area contributed by atoms with Crippen molar-refractivity contribution in [3.8, 4) is 0 Å². The number of likely N-dealkylation sites (tertiary alicyclic amines) is 2. The van der Waals surface area contributed by atoms with E-state index in [9.17, 15) is 4.79 Å². The third-order valence-corrected chi connectivity index (χ3v) is 6.37. The molecule has 9 heteroatoms. The van der Waals surface area contributed by atoms with E-state index in [0.717, 1.165) is 70.3 Å². The van der Waals surface area contributed by atoms with Crippen molar-refractivity contribution in [2.24, 2.45) is 0 Å². The van der Waals surface area contributed by atoms with Gasteiger partial charge in [-0.25, -0.2) is 0 Å². The first-order chi connectivity index (χ1) is 12.7. The van der Waals surface area contributed by atoms with Crippen LogP contribution in [-0.4, -0.2) is 69.2 Å². The molecule has 3 aliphatic heterocycles. The summed E-state index contributed by atoms with van der Waals surface area (Å²) in [4.78, 5) is 17.5. The first-order valence-electron chi connectivity index (χ1n) is 10.4. The van der Waals surface area contributed by atoms with Crippen LogP contribution in [0.5, 0.6) is 0 Å². The summed E-state index contributed by atoms with van der Waals surface area (Å²) in [5, 5.41) is 12.2. The van der Waals surface area contributed by atoms with E-state index in [1.54, 1.807) is 0 Å². The molecular weight excluding hydrogens is 399 g/mol. The molecule has 2 fully saturated rings. The number of nitrogens with zero attached hydrogens (tertiary/aromatic N) is 5. The van der Waals surface area contributed by atoms with Gasteiger partial charge in [-0.2, -0.15) is 0 Å². The lowest BCUT2D eigenvalue weighted by atomic mass is 9.95. The quantitative estimate of drug-likeness (QED) is 0.792. The lowest BCUT2D eigenvalue weighted by Crippen LogP contribution is -2.49. The topological polar surface area (TPSA) is 66.3 Å². The van der Waals surface area contributed by atoms with Gasteiger partial charge in [-0.1, -0.05) is 12.8 Å². The van der Waals surface area contributed by atoms with Gasteiger partial charge in [0.05, 0.1) is 12.6 Å². The first-order valence-corrected chi connectivity index (χ1v) is 10.4. The molecular formula is C19H34Cl2N6O. The molecule has 1 unspecified atom stereocenters. The molecule has 1 amide bonds. The van der Waals surface area contributed by atoms with Crippen LogP contribution in [0.1, 0.15) is 63.0 Å². The van der Waals surface area contributed by atoms with Crippen molar-refractivity contribution in [2.75, 3.05) is 32.7 Å². The molecule has 0 radical (unpaired) electrons. The molecule has 1 aromatic heterocycles. The van der Waals surface area contributed by atoms with Crippen molar-refractivity contribution in [2.45, 2.75) is 70.5 Å². The van der Waals surface area contributed by atoms with Gasteiger partial charge in [0.15, 0.2) is 0 Å². The van der Waals surface area contributed by atoms with Gasteiger partial charge >= 0.3 is 0 Å². The number of carbonyl (C=O) groups is 1. The molecule has 28 heavy (non-hydrogen) atoms. The van der Waals surface area contributed by atoms with E-state index in [1.165, 1.54) is 25.7 Å². The smallest absolute Gasteiger partial charge is 0.239 e. The Labute approximate surface area is 180 Å². The number of hydrogen-bond acceptors (Lipinski definition) is 5. The highest BCUT2D eigenvalue weighted by molar-refractivity contribution is 5.85. The molecule has 0 aromatic carbocycles. The van der Waals surface area contributed by atoms with Crippen molar-refractivity contribution in [1.82, 2.24) is 29.9 Å². The molecule has 0 spiro atoms. The van der Waals surface area contributed by atoms with Gasteiger partial charge in [0.2, 0.25) is 5.91 Å². The van der Waals surface area contributed by atoms with Gasteiger partial charge < -0.3 is 14.8 Å². The van der Waals surface area contributed by atoms with E-state index in [2.05, 4.69) is 36.8 Å². The minimum Gasteiger partial charge on any atom is -0.341 e. The number of aromatic nitrogens is 3. The maximum atomic E-state index is 13.0. The molecule has 4 rings (SSSR count). The van der Waals surface area contributed by atoms with Gasteiger partial charge in [0, 0.05) is 32.1 Å². The zero-order valence-corrected chi connectivity index (χ0v) is 18.4. The van der Waals surface area contributed by atoms with Crippen LogP contribution < -0.4 is 5.32 Å². The molecule has 3 aliphatic rings. The minimum atomic E-state index is 0. The molecule has 4 heterocycles. The summed E-state index contributed by atoms with van der Waals surface area (Å²) in [6.07, 6.45) is 7.08. The number of hydrogen-bond donors (Lipinski definition) is 1. The number of carbonyl (C=O) groups excluding carboxylic acids is 1. The van der Waals surface area contributed by atoms with Crippen LogP contribution in [0.3, 0.4) is 0 Å². The van der Waals surface area contributed by atoms with Crippen LogP contribution in [0.25, 0.3) is 0 Å².